The Labute approximate surface area is 111 Å². The van der Waals surface area contributed by atoms with Crippen molar-refractivity contribution in [1.29, 1.82) is 0 Å². The molecule has 0 spiro atoms. The molecular weight excluding hydrogens is 222 g/mol. The molecule has 2 nitrogen and oxygen atoms in total. The van der Waals surface area contributed by atoms with Gasteiger partial charge in [-0.2, -0.15) is 0 Å². The van der Waals surface area contributed by atoms with E-state index >= 15 is 0 Å². The second kappa shape index (κ2) is 4.93. The molecule has 0 unspecified atom stereocenters. The Morgan fingerprint density at radius 2 is 1.94 bits per heavy atom. The van der Waals surface area contributed by atoms with Gasteiger partial charge in [0, 0.05) is 12.6 Å². The first-order chi connectivity index (χ1) is 8.41. The minimum Gasteiger partial charge on any atom is -0.496 e. The molecule has 0 atom stereocenters. The van der Waals surface area contributed by atoms with E-state index in [1.165, 1.54) is 29.5 Å². The van der Waals surface area contributed by atoms with Crippen LogP contribution in [0, 0.1) is 6.92 Å². The molecule has 0 aromatic heterocycles. The molecule has 1 fully saturated rings. The zero-order valence-corrected chi connectivity index (χ0v) is 12.3. The quantitative estimate of drug-likeness (QED) is 0.878. The average molecular weight is 247 g/mol. The number of hydrogen-bond donors (Lipinski definition) is 1. The number of nitrogens with one attached hydrogen (secondary N) is 1. The van der Waals surface area contributed by atoms with Crippen LogP contribution in [0.3, 0.4) is 0 Å². The summed E-state index contributed by atoms with van der Waals surface area (Å²) < 4.78 is 5.53. The van der Waals surface area contributed by atoms with Crippen molar-refractivity contribution in [2.75, 3.05) is 7.11 Å². The monoisotopic (exact) mass is 247 g/mol. The van der Waals surface area contributed by atoms with Crippen LogP contribution in [-0.2, 0) is 12.0 Å². The molecule has 0 radical (unpaired) electrons. The van der Waals surface area contributed by atoms with Crippen LogP contribution in [0.4, 0.5) is 0 Å². The fourth-order valence-corrected chi connectivity index (χ4v) is 2.21. The molecule has 1 aliphatic carbocycles. The third-order valence-electron chi connectivity index (χ3n) is 3.62. The number of rotatable bonds is 4. The van der Waals surface area contributed by atoms with Crippen LogP contribution in [-0.4, -0.2) is 13.2 Å². The summed E-state index contributed by atoms with van der Waals surface area (Å²) in [6.45, 7) is 9.84. The number of benzene rings is 1. The van der Waals surface area contributed by atoms with Crippen molar-refractivity contribution in [3.05, 3.63) is 28.8 Å². The summed E-state index contributed by atoms with van der Waals surface area (Å²) in [5.74, 6) is 1.01. The van der Waals surface area contributed by atoms with Gasteiger partial charge in [-0.3, -0.25) is 0 Å². The average Bonchev–Trinajstić information content (AvgIpc) is 3.09. The smallest absolute Gasteiger partial charge is 0.122 e. The molecule has 0 amide bonds. The van der Waals surface area contributed by atoms with Gasteiger partial charge >= 0.3 is 0 Å². The second-order valence-corrected chi connectivity index (χ2v) is 6.38. The standard InChI is InChI=1S/C16H25NO/c1-11-8-15(18-5)14(16(2,3)4)9-12(11)10-17-13-6-7-13/h8-9,13,17H,6-7,10H2,1-5H3. The molecule has 1 aromatic rings. The maximum atomic E-state index is 5.53. The van der Waals surface area contributed by atoms with Crippen LogP contribution in [0.2, 0.25) is 0 Å². The van der Waals surface area contributed by atoms with Crippen LogP contribution < -0.4 is 10.1 Å². The van der Waals surface area contributed by atoms with Crippen LogP contribution in [0.15, 0.2) is 12.1 Å². The molecule has 0 heterocycles. The Morgan fingerprint density at radius 1 is 1.28 bits per heavy atom. The molecule has 1 N–H and O–H groups in total. The largest absolute Gasteiger partial charge is 0.496 e. The first kappa shape index (κ1) is 13.4. The molecule has 100 valence electrons. The van der Waals surface area contributed by atoms with E-state index < -0.39 is 0 Å². The summed E-state index contributed by atoms with van der Waals surface area (Å²) in [6, 6.07) is 5.23. The summed E-state index contributed by atoms with van der Waals surface area (Å²) in [6.07, 6.45) is 2.67. The Morgan fingerprint density at radius 3 is 2.44 bits per heavy atom. The predicted octanol–water partition coefficient (Wildman–Crippen LogP) is 3.55. The normalized spacial score (nSPS) is 15.8. The van der Waals surface area contributed by atoms with Crippen molar-refractivity contribution in [3.8, 4) is 5.75 Å². The lowest BCUT2D eigenvalue weighted by Crippen LogP contribution is -2.18. The molecule has 18 heavy (non-hydrogen) atoms. The number of ether oxygens (including phenoxy) is 1. The molecule has 1 aromatic carbocycles. The van der Waals surface area contributed by atoms with Crippen LogP contribution in [0.25, 0.3) is 0 Å². The molecule has 0 saturated heterocycles. The topological polar surface area (TPSA) is 21.3 Å². The fourth-order valence-electron chi connectivity index (χ4n) is 2.21. The molecule has 2 heteroatoms. The maximum Gasteiger partial charge on any atom is 0.122 e. The molecule has 2 rings (SSSR count). The van der Waals surface area contributed by atoms with Crippen molar-refractivity contribution in [3.63, 3.8) is 0 Å². The van der Waals surface area contributed by atoms with Crippen LogP contribution in [0.5, 0.6) is 5.75 Å². The second-order valence-electron chi connectivity index (χ2n) is 6.38. The van der Waals surface area contributed by atoms with Gasteiger partial charge in [0.1, 0.15) is 5.75 Å². The van der Waals surface area contributed by atoms with Crippen molar-refractivity contribution >= 4 is 0 Å². The first-order valence-electron chi connectivity index (χ1n) is 6.83. The summed E-state index contributed by atoms with van der Waals surface area (Å²) in [7, 11) is 1.76. The highest BCUT2D eigenvalue weighted by Crippen LogP contribution is 2.33. The lowest BCUT2D eigenvalue weighted by molar-refractivity contribution is 0.397. The number of aryl methyl sites for hydroxylation is 1. The van der Waals surface area contributed by atoms with E-state index in [2.05, 4.69) is 45.1 Å². The van der Waals surface area contributed by atoms with Gasteiger partial charge in [-0.15, -0.1) is 0 Å². The Hall–Kier alpha value is -1.02. The van der Waals surface area contributed by atoms with E-state index in [0.29, 0.717) is 0 Å². The summed E-state index contributed by atoms with van der Waals surface area (Å²) in [5, 5.41) is 3.59. The highest BCUT2D eigenvalue weighted by Gasteiger charge is 2.23. The van der Waals surface area contributed by atoms with Crippen LogP contribution in [0.1, 0.15) is 50.3 Å². The van der Waals surface area contributed by atoms with Gasteiger partial charge in [-0.25, -0.2) is 0 Å². The van der Waals surface area contributed by atoms with Crippen molar-refractivity contribution in [2.45, 2.75) is 58.5 Å². The highest BCUT2D eigenvalue weighted by atomic mass is 16.5. The minimum atomic E-state index is 0.118. The van der Waals surface area contributed by atoms with Crippen LogP contribution >= 0.6 is 0 Å². The summed E-state index contributed by atoms with van der Waals surface area (Å²) in [5.41, 5.74) is 4.12. The van der Waals surface area contributed by atoms with Gasteiger partial charge < -0.3 is 10.1 Å². The van der Waals surface area contributed by atoms with Gasteiger partial charge in [0.05, 0.1) is 7.11 Å². The van der Waals surface area contributed by atoms with E-state index in [1.807, 2.05) is 0 Å². The van der Waals surface area contributed by atoms with Gasteiger partial charge in [-0.05, 0) is 47.9 Å². The lowest BCUT2D eigenvalue weighted by Gasteiger charge is -2.24. The van der Waals surface area contributed by atoms with Crippen molar-refractivity contribution < 1.29 is 4.74 Å². The zero-order chi connectivity index (χ0) is 13.3. The molecule has 0 aliphatic heterocycles. The third kappa shape index (κ3) is 3.05. The SMILES string of the molecule is COc1cc(C)c(CNC2CC2)cc1C(C)(C)C. The zero-order valence-electron chi connectivity index (χ0n) is 12.3. The van der Waals surface area contributed by atoms with Gasteiger partial charge in [0.25, 0.3) is 0 Å². The van der Waals surface area contributed by atoms with E-state index in [1.54, 1.807) is 7.11 Å². The first-order valence-corrected chi connectivity index (χ1v) is 6.83. The number of methoxy groups -OCH3 is 1. The van der Waals surface area contributed by atoms with Gasteiger partial charge in [0.15, 0.2) is 0 Å². The summed E-state index contributed by atoms with van der Waals surface area (Å²) >= 11 is 0. The van der Waals surface area contributed by atoms with Gasteiger partial charge in [-0.1, -0.05) is 26.8 Å². The van der Waals surface area contributed by atoms with Gasteiger partial charge in [0.2, 0.25) is 0 Å². The van der Waals surface area contributed by atoms with E-state index in [0.717, 1.165) is 18.3 Å². The molecule has 1 aliphatic rings. The van der Waals surface area contributed by atoms with Crippen molar-refractivity contribution in [2.24, 2.45) is 0 Å². The van der Waals surface area contributed by atoms with E-state index in [-0.39, 0.29) is 5.41 Å². The highest BCUT2D eigenvalue weighted by molar-refractivity contribution is 5.45. The Bertz CT molecular complexity index is 427. The fraction of sp³-hybridized carbons (Fsp3) is 0.625. The maximum absolute atomic E-state index is 5.53. The lowest BCUT2D eigenvalue weighted by atomic mass is 9.84. The summed E-state index contributed by atoms with van der Waals surface area (Å²) in [4.78, 5) is 0. The number of hydrogen-bond acceptors (Lipinski definition) is 2. The van der Waals surface area contributed by atoms with E-state index in [4.69, 9.17) is 4.74 Å². The molecular formula is C16H25NO. The third-order valence-corrected chi connectivity index (χ3v) is 3.62. The molecule has 0 bridgehead atoms. The Balaban J connectivity index is 2.28. The van der Waals surface area contributed by atoms with Crippen molar-refractivity contribution in [1.82, 2.24) is 5.32 Å². The van der Waals surface area contributed by atoms with E-state index in [9.17, 15) is 0 Å². The Kier molecular flexibility index (Phi) is 3.67. The molecule has 1 saturated carbocycles. The minimum absolute atomic E-state index is 0.118. The predicted molar refractivity (Wildman–Crippen MR) is 76.3 cm³/mol.